The van der Waals surface area contributed by atoms with Gasteiger partial charge in [-0.1, -0.05) is 0 Å². The van der Waals surface area contributed by atoms with Gasteiger partial charge in [0.25, 0.3) is 0 Å². The molecule has 0 radical (unpaired) electrons. The second kappa shape index (κ2) is 5.03. The van der Waals surface area contributed by atoms with Crippen LogP contribution in [0.3, 0.4) is 0 Å². The van der Waals surface area contributed by atoms with Crippen LogP contribution in [0.1, 0.15) is 21.5 Å². The summed E-state index contributed by atoms with van der Waals surface area (Å²) in [5, 5.41) is 0. The lowest BCUT2D eigenvalue weighted by atomic mass is 10.0. The van der Waals surface area contributed by atoms with Crippen LogP contribution in [0.4, 0.5) is 22.0 Å². The van der Waals surface area contributed by atoms with Gasteiger partial charge in [-0.2, -0.15) is 0 Å². The Kier molecular flexibility index (Phi) is 3.57. The Morgan fingerprint density at radius 3 is 1.90 bits per heavy atom. The number of halogens is 5. The number of rotatable bonds is 2. The Hall–Kier alpha value is -2.24. The largest absolute Gasteiger partial charge is 0.288 e. The summed E-state index contributed by atoms with van der Waals surface area (Å²) in [6, 6.07) is 2.28. The number of ketones is 1. The first kappa shape index (κ1) is 14.2. The minimum Gasteiger partial charge on any atom is -0.288 e. The first-order chi connectivity index (χ1) is 9.31. The minimum atomic E-state index is -1.74. The molecule has 104 valence electrons. The Labute approximate surface area is 110 Å². The van der Waals surface area contributed by atoms with Crippen LogP contribution in [-0.4, -0.2) is 5.78 Å². The van der Waals surface area contributed by atoms with Crippen molar-refractivity contribution in [3.05, 3.63) is 70.0 Å². The van der Waals surface area contributed by atoms with Crippen molar-refractivity contribution in [2.45, 2.75) is 6.92 Å². The van der Waals surface area contributed by atoms with Crippen LogP contribution in [0.2, 0.25) is 0 Å². The van der Waals surface area contributed by atoms with Gasteiger partial charge in [0.1, 0.15) is 11.6 Å². The van der Waals surface area contributed by atoms with Gasteiger partial charge in [-0.3, -0.25) is 4.79 Å². The molecule has 0 aliphatic heterocycles. The van der Waals surface area contributed by atoms with Crippen molar-refractivity contribution < 1.29 is 26.7 Å². The van der Waals surface area contributed by atoms with Crippen molar-refractivity contribution >= 4 is 5.78 Å². The molecule has 0 unspecified atom stereocenters. The van der Waals surface area contributed by atoms with E-state index in [1.165, 1.54) is 6.92 Å². The first-order valence-corrected chi connectivity index (χ1v) is 5.46. The molecule has 0 amide bonds. The second-order valence-electron chi connectivity index (χ2n) is 4.16. The highest BCUT2D eigenvalue weighted by Crippen LogP contribution is 2.20. The molecule has 20 heavy (non-hydrogen) atoms. The highest BCUT2D eigenvalue weighted by Gasteiger charge is 2.20. The third kappa shape index (κ3) is 2.41. The number of carbonyl (C=O) groups is 1. The fourth-order valence-corrected chi connectivity index (χ4v) is 1.66. The predicted octanol–water partition coefficient (Wildman–Crippen LogP) is 3.92. The molecule has 0 atom stereocenters. The molecule has 0 fully saturated rings. The minimum absolute atomic E-state index is 0.0180. The Morgan fingerprint density at radius 2 is 1.35 bits per heavy atom. The topological polar surface area (TPSA) is 17.1 Å². The van der Waals surface area contributed by atoms with Gasteiger partial charge in [-0.05, 0) is 36.8 Å². The number of hydrogen-bond donors (Lipinski definition) is 0. The number of aryl methyl sites for hydroxylation is 1. The van der Waals surface area contributed by atoms with Crippen molar-refractivity contribution in [3.63, 3.8) is 0 Å². The van der Waals surface area contributed by atoms with Gasteiger partial charge in [-0.15, -0.1) is 0 Å². The zero-order valence-corrected chi connectivity index (χ0v) is 10.1. The van der Waals surface area contributed by atoms with Gasteiger partial charge >= 0.3 is 0 Å². The molecule has 0 bridgehead atoms. The van der Waals surface area contributed by atoms with E-state index in [1.54, 1.807) is 0 Å². The van der Waals surface area contributed by atoms with Gasteiger partial charge in [0.2, 0.25) is 0 Å². The number of carbonyl (C=O) groups excluding carboxylic acids is 1. The number of hydrogen-bond acceptors (Lipinski definition) is 1. The number of benzene rings is 2. The Balaban J connectivity index is 2.55. The highest BCUT2D eigenvalue weighted by molar-refractivity contribution is 6.09. The molecule has 0 saturated heterocycles. The Bertz CT molecular complexity index is 686. The monoisotopic (exact) mass is 286 g/mol. The third-order valence-corrected chi connectivity index (χ3v) is 2.74. The van der Waals surface area contributed by atoms with Gasteiger partial charge < -0.3 is 0 Å². The fourth-order valence-electron chi connectivity index (χ4n) is 1.66. The van der Waals surface area contributed by atoms with E-state index in [4.69, 9.17) is 0 Å². The average Bonchev–Trinajstić information content (AvgIpc) is 2.38. The summed E-state index contributed by atoms with van der Waals surface area (Å²) in [6.45, 7) is 1.30. The maximum Gasteiger partial charge on any atom is 0.196 e. The summed E-state index contributed by atoms with van der Waals surface area (Å²) < 4.78 is 65.8. The summed E-state index contributed by atoms with van der Waals surface area (Å²) in [5.41, 5.74) is -1.31. The van der Waals surface area contributed by atoms with E-state index in [0.29, 0.717) is 18.2 Å². The molecular formula is C14H7F5O. The summed E-state index contributed by atoms with van der Waals surface area (Å²) in [7, 11) is 0. The van der Waals surface area contributed by atoms with Crippen molar-refractivity contribution in [2.24, 2.45) is 0 Å². The first-order valence-electron chi connectivity index (χ1n) is 5.46. The predicted molar refractivity (Wildman–Crippen MR) is 60.8 cm³/mol. The zero-order valence-electron chi connectivity index (χ0n) is 10.1. The third-order valence-electron chi connectivity index (χ3n) is 2.74. The van der Waals surface area contributed by atoms with E-state index in [-0.39, 0.29) is 5.56 Å². The molecule has 0 saturated carbocycles. The van der Waals surface area contributed by atoms with Crippen LogP contribution in [-0.2, 0) is 0 Å². The van der Waals surface area contributed by atoms with Crippen LogP contribution in [0.25, 0.3) is 0 Å². The standard InChI is InChI=1S/C14H7F5O/c1-6-2-10(16)8(5-9(6)15)14(20)7-3-11(17)13(19)12(18)4-7/h2-5H,1H3. The summed E-state index contributed by atoms with van der Waals surface area (Å²) in [6.07, 6.45) is 0. The summed E-state index contributed by atoms with van der Waals surface area (Å²) in [5.74, 6) is -7.91. The molecule has 0 aromatic heterocycles. The van der Waals surface area contributed by atoms with Crippen molar-refractivity contribution in [1.29, 1.82) is 0 Å². The molecule has 2 rings (SSSR count). The fraction of sp³-hybridized carbons (Fsp3) is 0.0714. The molecule has 2 aromatic rings. The van der Waals surface area contributed by atoms with Crippen LogP contribution >= 0.6 is 0 Å². The van der Waals surface area contributed by atoms with Crippen molar-refractivity contribution in [2.75, 3.05) is 0 Å². The lowest BCUT2D eigenvalue weighted by Crippen LogP contribution is -2.08. The molecule has 1 nitrogen and oxygen atoms in total. The van der Waals surface area contributed by atoms with Crippen molar-refractivity contribution in [1.82, 2.24) is 0 Å². The van der Waals surface area contributed by atoms with E-state index in [9.17, 15) is 26.7 Å². The quantitative estimate of drug-likeness (QED) is 0.464. The average molecular weight is 286 g/mol. The normalized spacial score (nSPS) is 10.7. The van der Waals surface area contributed by atoms with E-state index in [1.807, 2.05) is 0 Å². The molecule has 0 heterocycles. The maximum absolute atomic E-state index is 13.6. The Morgan fingerprint density at radius 1 is 0.800 bits per heavy atom. The van der Waals surface area contributed by atoms with E-state index in [2.05, 4.69) is 0 Å². The molecule has 2 aromatic carbocycles. The molecular weight excluding hydrogens is 279 g/mol. The summed E-state index contributed by atoms with van der Waals surface area (Å²) in [4.78, 5) is 11.9. The lowest BCUT2D eigenvalue weighted by Gasteiger charge is -2.06. The molecule has 0 aliphatic rings. The van der Waals surface area contributed by atoms with Gasteiger partial charge in [-0.25, -0.2) is 22.0 Å². The molecule has 6 heteroatoms. The van der Waals surface area contributed by atoms with Gasteiger partial charge in [0.05, 0.1) is 5.56 Å². The maximum atomic E-state index is 13.6. The van der Waals surface area contributed by atoms with Crippen molar-refractivity contribution in [3.8, 4) is 0 Å². The molecule has 0 N–H and O–H groups in total. The van der Waals surface area contributed by atoms with Gasteiger partial charge in [0, 0.05) is 5.56 Å². The van der Waals surface area contributed by atoms with E-state index in [0.717, 1.165) is 6.07 Å². The summed E-state index contributed by atoms with van der Waals surface area (Å²) >= 11 is 0. The van der Waals surface area contributed by atoms with Gasteiger partial charge in [0.15, 0.2) is 23.2 Å². The van der Waals surface area contributed by atoms with Crippen LogP contribution < -0.4 is 0 Å². The van der Waals surface area contributed by atoms with Crippen LogP contribution in [0, 0.1) is 36.0 Å². The smallest absolute Gasteiger partial charge is 0.196 e. The zero-order chi connectivity index (χ0) is 15.0. The van der Waals surface area contributed by atoms with Crippen LogP contribution in [0.15, 0.2) is 24.3 Å². The molecule has 0 spiro atoms. The SMILES string of the molecule is Cc1cc(F)c(C(=O)c2cc(F)c(F)c(F)c2)cc1F. The second-order valence-corrected chi connectivity index (χ2v) is 4.16. The highest BCUT2D eigenvalue weighted by atomic mass is 19.2. The van der Waals surface area contributed by atoms with E-state index < -0.39 is 46.0 Å². The molecule has 0 aliphatic carbocycles. The lowest BCUT2D eigenvalue weighted by molar-refractivity contribution is 0.103. The van der Waals surface area contributed by atoms with E-state index >= 15 is 0 Å². The van der Waals surface area contributed by atoms with Crippen LogP contribution in [0.5, 0.6) is 0 Å².